The molecule has 0 atom stereocenters. The van der Waals surface area contributed by atoms with Crippen molar-refractivity contribution in [2.45, 2.75) is 20.3 Å². The van der Waals surface area contributed by atoms with Crippen LogP contribution in [0.2, 0.25) is 0 Å². The van der Waals surface area contributed by atoms with Crippen LogP contribution in [0.1, 0.15) is 29.6 Å². The van der Waals surface area contributed by atoms with Crippen molar-refractivity contribution >= 4 is 18.3 Å². The Kier molecular flexibility index (Phi) is 7.63. The van der Waals surface area contributed by atoms with Gasteiger partial charge in [-0.3, -0.25) is 4.79 Å². The van der Waals surface area contributed by atoms with E-state index in [1.54, 1.807) is 6.92 Å². The number of hydrogen-bond donors (Lipinski definition) is 2. The van der Waals surface area contributed by atoms with E-state index >= 15 is 0 Å². The van der Waals surface area contributed by atoms with E-state index in [1.807, 2.05) is 30.3 Å². The van der Waals surface area contributed by atoms with Gasteiger partial charge < -0.3 is 15.1 Å². The average Bonchev–Trinajstić information content (AvgIpc) is 2.90. The first-order chi connectivity index (χ1) is 10.2. The molecule has 0 aliphatic carbocycles. The molecule has 0 radical (unpaired) electrons. The Morgan fingerprint density at radius 3 is 2.59 bits per heavy atom. The number of amides is 1. The molecule has 0 spiro atoms. The predicted octanol–water partition coefficient (Wildman–Crippen LogP) is 2.80. The molecule has 1 aromatic carbocycles. The summed E-state index contributed by atoms with van der Waals surface area (Å²) >= 11 is 0. The zero-order chi connectivity index (χ0) is 15.1. The summed E-state index contributed by atoms with van der Waals surface area (Å²) < 4.78 is 5.60. The van der Waals surface area contributed by atoms with Crippen LogP contribution in [0.15, 0.2) is 34.7 Å². The third-order valence-corrected chi connectivity index (χ3v) is 3.04. The van der Waals surface area contributed by atoms with Gasteiger partial charge in [-0.25, -0.2) is 4.98 Å². The standard InChI is InChI=1S/C16H21N3O2.ClH/c1-3-9-17-10-11-18-15(20)14-12(2)19-16(21-14)13-7-5-4-6-8-13;/h4-8,17H,3,9-11H2,1-2H3,(H,18,20);1H. The first kappa shape index (κ1) is 18.2. The number of aromatic nitrogens is 1. The minimum Gasteiger partial charge on any atom is -0.431 e. The van der Waals surface area contributed by atoms with Crippen molar-refractivity contribution in [2.75, 3.05) is 19.6 Å². The molecule has 2 rings (SSSR count). The van der Waals surface area contributed by atoms with Gasteiger partial charge in [-0.15, -0.1) is 12.4 Å². The highest BCUT2D eigenvalue weighted by molar-refractivity contribution is 5.92. The second-order valence-corrected chi connectivity index (χ2v) is 4.81. The fraction of sp³-hybridized carbons (Fsp3) is 0.375. The Hall–Kier alpha value is -1.85. The lowest BCUT2D eigenvalue weighted by molar-refractivity contribution is 0.0926. The van der Waals surface area contributed by atoms with Crippen LogP contribution >= 0.6 is 12.4 Å². The summed E-state index contributed by atoms with van der Waals surface area (Å²) in [5.41, 5.74) is 1.47. The van der Waals surface area contributed by atoms with E-state index in [-0.39, 0.29) is 24.1 Å². The molecule has 0 aliphatic heterocycles. The number of halogens is 1. The molecule has 1 amide bonds. The van der Waals surface area contributed by atoms with E-state index in [1.165, 1.54) is 0 Å². The topological polar surface area (TPSA) is 67.2 Å². The van der Waals surface area contributed by atoms with Crippen molar-refractivity contribution in [3.05, 3.63) is 41.8 Å². The third kappa shape index (κ3) is 4.86. The first-order valence-electron chi connectivity index (χ1n) is 7.24. The quantitative estimate of drug-likeness (QED) is 0.769. The Morgan fingerprint density at radius 2 is 1.91 bits per heavy atom. The molecule has 22 heavy (non-hydrogen) atoms. The van der Waals surface area contributed by atoms with Gasteiger partial charge in [0.15, 0.2) is 0 Å². The van der Waals surface area contributed by atoms with Crippen LogP contribution in [0.3, 0.4) is 0 Å². The van der Waals surface area contributed by atoms with Gasteiger partial charge in [0.2, 0.25) is 11.7 Å². The Morgan fingerprint density at radius 1 is 1.18 bits per heavy atom. The number of nitrogens with one attached hydrogen (secondary N) is 2. The van der Waals surface area contributed by atoms with Gasteiger partial charge in [-0.1, -0.05) is 25.1 Å². The number of carbonyl (C=O) groups is 1. The minimum atomic E-state index is -0.222. The predicted molar refractivity (Wildman–Crippen MR) is 89.4 cm³/mol. The van der Waals surface area contributed by atoms with E-state index in [2.05, 4.69) is 22.5 Å². The maximum absolute atomic E-state index is 12.1. The van der Waals surface area contributed by atoms with Crippen LogP contribution in [0, 0.1) is 6.92 Å². The van der Waals surface area contributed by atoms with Crippen molar-refractivity contribution in [1.29, 1.82) is 0 Å². The smallest absolute Gasteiger partial charge is 0.289 e. The van der Waals surface area contributed by atoms with Gasteiger partial charge in [0.1, 0.15) is 0 Å². The molecule has 1 heterocycles. The van der Waals surface area contributed by atoms with Gasteiger partial charge in [-0.05, 0) is 32.0 Å². The fourth-order valence-electron chi connectivity index (χ4n) is 1.96. The number of aryl methyl sites for hydroxylation is 1. The van der Waals surface area contributed by atoms with Crippen molar-refractivity contribution in [3.8, 4) is 11.5 Å². The summed E-state index contributed by atoms with van der Waals surface area (Å²) in [6.45, 7) is 6.15. The summed E-state index contributed by atoms with van der Waals surface area (Å²) in [4.78, 5) is 16.4. The molecule has 2 N–H and O–H groups in total. The molecule has 0 aliphatic rings. The second kappa shape index (κ2) is 9.23. The molecule has 1 aromatic heterocycles. The normalized spacial score (nSPS) is 10.1. The zero-order valence-electron chi connectivity index (χ0n) is 12.9. The van der Waals surface area contributed by atoms with E-state index < -0.39 is 0 Å². The van der Waals surface area contributed by atoms with E-state index in [0.717, 1.165) is 25.1 Å². The van der Waals surface area contributed by atoms with Crippen LogP contribution in [0.5, 0.6) is 0 Å². The van der Waals surface area contributed by atoms with Crippen molar-refractivity contribution in [3.63, 3.8) is 0 Å². The number of nitrogens with zero attached hydrogens (tertiary/aromatic N) is 1. The van der Waals surface area contributed by atoms with Gasteiger partial charge in [0, 0.05) is 18.7 Å². The molecule has 0 saturated heterocycles. The summed E-state index contributed by atoms with van der Waals surface area (Å²) in [5, 5.41) is 6.05. The number of hydrogen-bond acceptors (Lipinski definition) is 4. The fourth-order valence-corrected chi connectivity index (χ4v) is 1.96. The molecule has 0 bridgehead atoms. The van der Waals surface area contributed by atoms with Crippen LogP contribution in [0.4, 0.5) is 0 Å². The summed E-state index contributed by atoms with van der Waals surface area (Å²) in [6.07, 6.45) is 1.08. The Bertz CT molecular complexity index is 584. The van der Waals surface area contributed by atoms with Crippen LogP contribution in [-0.2, 0) is 0 Å². The Labute approximate surface area is 136 Å². The zero-order valence-corrected chi connectivity index (χ0v) is 13.7. The van der Waals surface area contributed by atoms with Crippen molar-refractivity contribution < 1.29 is 9.21 Å². The van der Waals surface area contributed by atoms with Gasteiger partial charge >= 0.3 is 0 Å². The Balaban J connectivity index is 0.00000242. The summed E-state index contributed by atoms with van der Waals surface area (Å²) in [5.74, 6) is 0.534. The highest BCUT2D eigenvalue weighted by Gasteiger charge is 2.17. The SMILES string of the molecule is CCCNCCNC(=O)c1oc(-c2ccccc2)nc1C.Cl. The largest absolute Gasteiger partial charge is 0.431 e. The maximum Gasteiger partial charge on any atom is 0.289 e. The lowest BCUT2D eigenvalue weighted by Crippen LogP contribution is -2.32. The molecule has 120 valence electrons. The van der Waals surface area contributed by atoms with Crippen LogP contribution in [-0.4, -0.2) is 30.5 Å². The molecule has 0 unspecified atom stereocenters. The molecule has 2 aromatic rings. The molecular weight excluding hydrogens is 302 g/mol. The molecule has 0 saturated carbocycles. The number of benzene rings is 1. The minimum absolute atomic E-state index is 0. The molecular formula is C16H22ClN3O2. The second-order valence-electron chi connectivity index (χ2n) is 4.81. The first-order valence-corrected chi connectivity index (χ1v) is 7.24. The molecule has 0 fully saturated rings. The lowest BCUT2D eigenvalue weighted by atomic mass is 10.2. The van der Waals surface area contributed by atoms with Crippen LogP contribution in [0.25, 0.3) is 11.5 Å². The summed E-state index contributed by atoms with van der Waals surface area (Å²) in [7, 11) is 0. The van der Waals surface area contributed by atoms with Gasteiger partial charge in [-0.2, -0.15) is 0 Å². The van der Waals surface area contributed by atoms with E-state index in [9.17, 15) is 4.79 Å². The highest BCUT2D eigenvalue weighted by atomic mass is 35.5. The molecule has 5 nitrogen and oxygen atoms in total. The number of carbonyl (C=O) groups excluding carboxylic acids is 1. The van der Waals surface area contributed by atoms with Crippen LogP contribution < -0.4 is 10.6 Å². The monoisotopic (exact) mass is 323 g/mol. The molecule has 6 heteroatoms. The average molecular weight is 324 g/mol. The highest BCUT2D eigenvalue weighted by Crippen LogP contribution is 2.21. The van der Waals surface area contributed by atoms with Gasteiger partial charge in [0.05, 0.1) is 5.69 Å². The number of rotatable bonds is 7. The number of oxazole rings is 1. The lowest BCUT2D eigenvalue weighted by Gasteiger charge is -2.04. The van der Waals surface area contributed by atoms with Crippen molar-refractivity contribution in [1.82, 2.24) is 15.6 Å². The summed E-state index contributed by atoms with van der Waals surface area (Å²) in [6, 6.07) is 9.56. The van der Waals surface area contributed by atoms with E-state index in [4.69, 9.17) is 4.42 Å². The van der Waals surface area contributed by atoms with Crippen molar-refractivity contribution in [2.24, 2.45) is 0 Å². The third-order valence-electron chi connectivity index (χ3n) is 3.04. The van der Waals surface area contributed by atoms with E-state index in [0.29, 0.717) is 18.1 Å². The maximum atomic E-state index is 12.1. The van der Waals surface area contributed by atoms with Gasteiger partial charge in [0.25, 0.3) is 5.91 Å².